The highest BCUT2D eigenvalue weighted by atomic mass is 16.5. The average molecular weight is 172 g/mol. The van der Waals surface area contributed by atoms with Crippen molar-refractivity contribution in [3.63, 3.8) is 0 Å². The Morgan fingerprint density at radius 2 is 1.83 bits per heavy atom. The van der Waals surface area contributed by atoms with E-state index in [1.54, 1.807) is 0 Å². The van der Waals surface area contributed by atoms with Crippen molar-refractivity contribution in [2.75, 3.05) is 6.61 Å². The first kappa shape index (κ1) is 11.5. The van der Waals surface area contributed by atoms with E-state index in [2.05, 4.69) is 25.5 Å². The summed E-state index contributed by atoms with van der Waals surface area (Å²) in [7, 11) is 0. The molecule has 0 bridgehead atoms. The van der Waals surface area contributed by atoms with E-state index in [4.69, 9.17) is 0 Å². The number of carbonyl (C=O) groups excluding carboxylic acids is 1. The van der Waals surface area contributed by atoms with Crippen LogP contribution in [0.4, 0.5) is 0 Å². The molecule has 0 amide bonds. The van der Waals surface area contributed by atoms with Gasteiger partial charge in [0.25, 0.3) is 6.47 Å². The monoisotopic (exact) mass is 172 g/mol. The number of ether oxygens (including phenoxy) is 1. The van der Waals surface area contributed by atoms with E-state index in [9.17, 15) is 4.79 Å². The standard InChI is InChI=1S/C10H20O2/c1-9(2)4-5-10(3)6-7-12-8-11/h8-10H,4-7H2,1-3H3. The lowest BCUT2D eigenvalue weighted by Gasteiger charge is -2.11. The predicted octanol–water partition coefficient (Wildman–Crippen LogP) is 2.62. The lowest BCUT2D eigenvalue weighted by Crippen LogP contribution is -2.02. The van der Waals surface area contributed by atoms with E-state index in [1.807, 2.05) is 0 Å². The van der Waals surface area contributed by atoms with Crippen LogP contribution in [0.15, 0.2) is 0 Å². The molecule has 0 aromatic carbocycles. The van der Waals surface area contributed by atoms with E-state index in [-0.39, 0.29) is 0 Å². The molecule has 0 aliphatic carbocycles. The van der Waals surface area contributed by atoms with Crippen molar-refractivity contribution in [2.24, 2.45) is 11.8 Å². The highest BCUT2D eigenvalue weighted by Gasteiger charge is 2.03. The molecule has 0 N–H and O–H groups in total. The van der Waals surface area contributed by atoms with Gasteiger partial charge in [-0.1, -0.05) is 33.6 Å². The molecule has 2 nitrogen and oxygen atoms in total. The maximum Gasteiger partial charge on any atom is 0.293 e. The molecule has 12 heavy (non-hydrogen) atoms. The minimum absolute atomic E-state index is 0.523. The molecule has 0 aliphatic heterocycles. The van der Waals surface area contributed by atoms with Crippen molar-refractivity contribution in [3.8, 4) is 0 Å². The molecule has 0 saturated heterocycles. The number of rotatable bonds is 7. The molecule has 72 valence electrons. The minimum Gasteiger partial charge on any atom is -0.468 e. The van der Waals surface area contributed by atoms with E-state index in [0.717, 1.165) is 12.3 Å². The van der Waals surface area contributed by atoms with E-state index >= 15 is 0 Å². The number of carbonyl (C=O) groups is 1. The zero-order chi connectivity index (χ0) is 9.40. The predicted molar refractivity (Wildman–Crippen MR) is 49.9 cm³/mol. The van der Waals surface area contributed by atoms with Gasteiger partial charge in [-0.2, -0.15) is 0 Å². The van der Waals surface area contributed by atoms with Gasteiger partial charge in [-0.15, -0.1) is 0 Å². The Bertz CT molecular complexity index is 110. The molecule has 1 unspecified atom stereocenters. The van der Waals surface area contributed by atoms with Crippen LogP contribution in [-0.2, 0) is 9.53 Å². The molecule has 0 aromatic heterocycles. The van der Waals surface area contributed by atoms with Gasteiger partial charge in [0.1, 0.15) is 0 Å². The average Bonchev–Trinajstić information content (AvgIpc) is 2.01. The number of hydrogen-bond acceptors (Lipinski definition) is 2. The van der Waals surface area contributed by atoms with Gasteiger partial charge in [-0.3, -0.25) is 4.79 Å². The van der Waals surface area contributed by atoms with Gasteiger partial charge in [-0.05, 0) is 18.3 Å². The highest BCUT2D eigenvalue weighted by molar-refractivity contribution is 5.36. The summed E-state index contributed by atoms with van der Waals surface area (Å²) in [5, 5.41) is 0. The fourth-order valence-electron chi connectivity index (χ4n) is 1.08. The summed E-state index contributed by atoms with van der Waals surface area (Å²) in [5.41, 5.74) is 0. The zero-order valence-corrected chi connectivity index (χ0v) is 8.38. The molecule has 0 heterocycles. The van der Waals surface area contributed by atoms with Crippen molar-refractivity contribution < 1.29 is 9.53 Å². The summed E-state index contributed by atoms with van der Waals surface area (Å²) in [5.74, 6) is 1.45. The second-order valence-corrected chi connectivity index (χ2v) is 3.83. The maximum absolute atomic E-state index is 9.83. The summed E-state index contributed by atoms with van der Waals surface area (Å²) >= 11 is 0. The van der Waals surface area contributed by atoms with Gasteiger partial charge in [0, 0.05) is 0 Å². The van der Waals surface area contributed by atoms with Crippen LogP contribution in [0.5, 0.6) is 0 Å². The van der Waals surface area contributed by atoms with Crippen LogP contribution in [0.1, 0.15) is 40.0 Å². The lowest BCUT2D eigenvalue weighted by molar-refractivity contribution is -0.129. The Morgan fingerprint density at radius 1 is 1.17 bits per heavy atom. The third-order valence-electron chi connectivity index (χ3n) is 2.03. The molecule has 2 heteroatoms. The Labute approximate surface area is 75.3 Å². The molecule has 0 aliphatic rings. The normalized spacial score (nSPS) is 13.0. The molecule has 1 atom stereocenters. The molecule has 0 fully saturated rings. The Hall–Kier alpha value is -0.530. The molecule has 0 radical (unpaired) electrons. The van der Waals surface area contributed by atoms with Crippen LogP contribution in [-0.4, -0.2) is 13.1 Å². The minimum atomic E-state index is 0.523. The first-order valence-corrected chi connectivity index (χ1v) is 4.72. The zero-order valence-electron chi connectivity index (χ0n) is 8.38. The summed E-state index contributed by atoms with van der Waals surface area (Å²) in [4.78, 5) is 9.83. The van der Waals surface area contributed by atoms with E-state index in [1.165, 1.54) is 12.8 Å². The van der Waals surface area contributed by atoms with Crippen molar-refractivity contribution >= 4 is 6.47 Å². The fraction of sp³-hybridized carbons (Fsp3) is 0.900. The Kier molecular flexibility index (Phi) is 6.82. The Morgan fingerprint density at radius 3 is 2.33 bits per heavy atom. The van der Waals surface area contributed by atoms with Crippen molar-refractivity contribution in [1.82, 2.24) is 0 Å². The van der Waals surface area contributed by atoms with Crippen LogP contribution in [0.3, 0.4) is 0 Å². The lowest BCUT2D eigenvalue weighted by atomic mass is 9.97. The highest BCUT2D eigenvalue weighted by Crippen LogP contribution is 2.14. The summed E-state index contributed by atoms with van der Waals surface area (Å²) in [6, 6.07) is 0. The molecule has 0 spiro atoms. The summed E-state index contributed by atoms with van der Waals surface area (Å²) in [6.07, 6.45) is 3.49. The van der Waals surface area contributed by atoms with E-state index in [0.29, 0.717) is 19.0 Å². The van der Waals surface area contributed by atoms with Gasteiger partial charge in [0.2, 0.25) is 0 Å². The topological polar surface area (TPSA) is 26.3 Å². The molecule has 0 rings (SSSR count). The van der Waals surface area contributed by atoms with Gasteiger partial charge < -0.3 is 4.74 Å². The Balaban J connectivity index is 3.21. The van der Waals surface area contributed by atoms with Crippen LogP contribution in [0.25, 0.3) is 0 Å². The van der Waals surface area contributed by atoms with Crippen LogP contribution in [0, 0.1) is 11.8 Å². The first-order chi connectivity index (χ1) is 5.66. The second-order valence-electron chi connectivity index (χ2n) is 3.83. The SMILES string of the molecule is CC(C)CCC(C)CCOC=O. The maximum atomic E-state index is 9.83. The van der Waals surface area contributed by atoms with Crippen molar-refractivity contribution in [2.45, 2.75) is 40.0 Å². The largest absolute Gasteiger partial charge is 0.468 e. The van der Waals surface area contributed by atoms with Gasteiger partial charge in [0.05, 0.1) is 6.61 Å². The number of hydrogen-bond donors (Lipinski definition) is 0. The molecule has 0 aromatic rings. The third-order valence-corrected chi connectivity index (χ3v) is 2.03. The van der Waals surface area contributed by atoms with Gasteiger partial charge >= 0.3 is 0 Å². The van der Waals surface area contributed by atoms with Crippen LogP contribution in [0.2, 0.25) is 0 Å². The van der Waals surface area contributed by atoms with Crippen LogP contribution >= 0.6 is 0 Å². The smallest absolute Gasteiger partial charge is 0.293 e. The van der Waals surface area contributed by atoms with E-state index < -0.39 is 0 Å². The second kappa shape index (κ2) is 7.14. The van der Waals surface area contributed by atoms with Crippen molar-refractivity contribution in [3.05, 3.63) is 0 Å². The fourth-order valence-corrected chi connectivity index (χ4v) is 1.08. The third kappa shape index (κ3) is 7.58. The molecule has 0 saturated carbocycles. The van der Waals surface area contributed by atoms with Crippen molar-refractivity contribution in [1.29, 1.82) is 0 Å². The van der Waals surface area contributed by atoms with Crippen LogP contribution < -0.4 is 0 Å². The first-order valence-electron chi connectivity index (χ1n) is 4.72. The molecular weight excluding hydrogens is 152 g/mol. The summed E-state index contributed by atoms with van der Waals surface area (Å²) in [6.45, 7) is 7.76. The summed E-state index contributed by atoms with van der Waals surface area (Å²) < 4.78 is 4.63. The molecular formula is C10H20O2. The van der Waals surface area contributed by atoms with Gasteiger partial charge in [0.15, 0.2) is 0 Å². The quantitative estimate of drug-likeness (QED) is 0.436. The van der Waals surface area contributed by atoms with Gasteiger partial charge in [-0.25, -0.2) is 0 Å².